The van der Waals surface area contributed by atoms with Crippen LogP contribution in [0.3, 0.4) is 0 Å². The lowest BCUT2D eigenvalue weighted by Crippen LogP contribution is -2.38. The second-order valence-corrected chi connectivity index (χ2v) is 10.2. The minimum absolute atomic E-state index is 0.0447. The molecule has 1 amide bonds. The molecular weight excluding hydrogens is 492 g/mol. The molecule has 2 aliphatic rings. The molecule has 0 atom stereocenters. The van der Waals surface area contributed by atoms with Crippen LogP contribution in [-0.4, -0.2) is 44.7 Å². The maximum atomic E-state index is 14.6. The molecule has 2 aromatic heterocycles. The number of nitrogens with zero attached hydrogens (tertiary/aromatic N) is 4. The van der Waals surface area contributed by atoms with E-state index in [1.54, 1.807) is 6.20 Å². The first kappa shape index (κ1) is 24.6. The summed E-state index contributed by atoms with van der Waals surface area (Å²) < 4.78 is 36.5. The zero-order valence-electron chi connectivity index (χ0n) is 19.9. The number of nitrogens with one attached hydrogen (secondary N) is 2. The number of hydrogen-bond donors (Lipinski definition) is 3. The van der Waals surface area contributed by atoms with Crippen molar-refractivity contribution < 1.29 is 18.3 Å². The van der Waals surface area contributed by atoms with E-state index in [0.717, 1.165) is 25.0 Å². The summed E-state index contributed by atoms with van der Waals surface area (Å²) in [5, 5.41) is 6.12. The Bertz CT molecular complexity index is 1260. The first-order valence-corrected chi connectivity index (χ1v) is 12.4. The summed E-state index contributed by atoms with van der Waals surface area (Å²) in [6.45, 7) is 3.21. The molecule has 192 valence electrons. The predicted octanol–water partition coefficient (Wildman–Crippen LogP) is 4.70. The van der Waals surface area contributed by atoms with Crippen LogP contribution in [0.5, 0.6) is 0 Å². The number of hydrogen-bond acceptors (Lipinski definition) is 7. The van der Waals surface area contributed by atoms with Crippen LogP contribution in [0.2, 0.25) is 5.02 Å². The summed E-state index contributed by atoms with van der Waals surface area (Å²) in [7, 11) is 0. The monoisotopic (exact) mass is 519 g/mol. The number of nitrogens with two attached hydrogens (primary N) is 1. The number of imidazole rings is 1. The van der Waals surface area contributed by atoms with E-state index in [1.165, 1.54) is 0 Å². The lowest BCUT2D eigenvalue weighted by Gasteiger charge is -2.35. The number of anilines is 3. The molecule has 1 saturated heterocycles. The molecule has 0 radical (unpaired) electrons. The third kappa shape index (κ3) is 4.81. The number of primary amides is 1. The molecule has 1 aliphatic heterocycles. The van der Waals surface area contributed by atoms with Crippen molar-refractivity contribution >= 4 is 46.3 Å². The molecule has 1 aromatic carbocycles. The summed E-state index contributed by atoms with van der Waals surface area (Å²) in [4.78, 5) is 25.7. The van der Waals surface area contributed by atoms with Gasteiger partial charge in [-0.1, -0.05) is 18.5 Å². The Balaban J connectivity index is 1.53. The molecule has 0 spiro atoms. The van der Waals surface area contributed by atoms with Gasteiger partial charge in [0.15, 0.2) is 17.3 Å². The van der Waals surface area contributed by atoms with Gasteiger partial charge >= 0.3 is 0 Å². The Morgan fingerprint density at radius 1 is 1.17 bits per heavy atom. The van der Waals surface area contributed by atoms with Gasteiger partial charge in [0.25, 0.3) is 0 Å². The summed E-state index contributed by atoms with van der Waals surface area (Å²) in [6.07, 6.45) is 5.68. The molecule has 4 N–H and O–H groups in total. The van der Waals surface area contributed by atoms with E-state index in [-0.39, 0.29) is 34.6 Å². The number of carbonyl (C=O) groups is 1. The fourth-order valence-electron chi connectivity index (χ4n) is 4.94. The van der Waals surface area contributed by atoms with Crippen molar-refractivity contribution in [2.24, 2.45) is 11.1 Å². The lowest BCUT2D eigenvalue weighted by atomic mass is 9.73. The molecular formula is C24H28ClF2N7O2. The topological polar surface area (TPSA) is 120 Å². The molecule has 0 unspecified atom stereocenters. The Morgan fingerprint density at radius 3 is 2.47 bits per heavy atom. The molecule has 36 heavy (non-hydrogen) atoms. The standard InChI is InChI=1S/C24H28ClF2N7O2/c1-24(21(28)35)6-2-15(3-7-24)34-20-18(12-29-22(33-20)30-14-4-8-36-9-5-14)31-23(34)32-19-16(26)10-13(25)11-17(19)27/h10-12,14-15H,2-9H2,1H3,(H2,28,35)(H,31,32)(H,29,30,33). The van der Waals surface area contributed by atoms with Gasteiger partial charge in [0.1, 0.15) is 11.2 Å². The largest absolute Gasteiger partial charge is 0.381 e. The third-order valence-corrected chi connectivity index (χ3v) is 7.47. The van der Waals surface area contributed by atoms with Crippen LogP contribution in [0.4, 0.5) is 26.4 Å². The van der Waals surface area contributed by atoms with E-state index in [0.29, 0.717) is 56.0 Å². The number of amides is 1. The van der Waals surface area contributed by atoms with Gasteiger partial charge in [-0.2, -0.15) is 4.98 Å². The van der Waals surface area contributed by atoms with Gasteiger partial charge in [-0.25, -0.2) is 18.7 Å². The maximum Gasteiger partial charge on any atom is 0.224 e. The van der Waals surface area contributed by atoms with Gasteiger partial charge in [-0.05, 0) is 50.7 Å². The van der Waals surface area contributed by atoms with Crippen LogP contribution in [0.25, 0.3) is 11.2 Å². The van der Waals surface area contributed by atoms with Crippen molar-refractivity contribution in [3.8, 4) is 0 Å². The maximum absolute atomic E-state index is 14.6. The van der Waals surface area contributed by atoms with E-state index in [1.807, 2.05) is 11.5 Å². The highest BCUT2D eigenvalue weighted by Crippen LogP contribution is 2.43. The molecule has 1 saturated carbocycles. The van der Waals surface area contributed by atoms with Gasteiger partial charge in [-0.15, -0.1) is 0 Å². The number of aromatic nitrogens is 4. The first-order chi connectivity index (χ1) is 17.2. The number of rotatable bonds is 6. The van der Waals surface area contributed by atoms with Gasteiger partial charge in [0.05, 0.1) is 6.20 Å². The number of ether oxygens (including phenoxy) is 1. The second-order valence-electron chi connectivity index (χ2n) is 9.76. The minimum Gasteiger partial charge on any atom is -0.381 e. The molecule has 2 fully saturated rings. The van der Waals surface area contributed by atoms with Gasteiger partial charge in [0, 0.05) is 35.7 Å². The van der Waals surface area contributed by atoms with E-state index in [2.05, 4.69) is 20.6 Å². The van der Waals surface area contributed by atoms with Crippen LogP contribution in [0, 0.1) is 17.0 Å². The van der Waals surface area contributed by atoms with Crippen molar-refractivity contribution in [1.82, 2.24) is 19.5 Å². The van der Waals surface area contributed by atoms with Gasteiger partial charge in [0.2, 0.25) is 17.8 Å². The van der Waals surface area contributed by atoms with Crippen LogP contribution >= 0.6 is 11.6 Å². The zero-order chi connectivity index (χ0) is 25.4. The predicted molar refractivity (Wildman–Crippen MR) is 132 cm³/mol. The van der Waals surface area contributed by atoms with Crippen LogP contribution in [0.15, 0.2) is 18.3 Å². The van der Waals surface area contributed by atoms with Crippen molar-refractivity contribution in [2.45, 2.75) is 57.5 Å². The highest BCUT2D eigenvalue weighted by atomic mass is 35.5. The van der Waals surface area contributed by atoms with Crippen molar-refractivity contribution in [3.63, 3.8) is 0 Å². The molecule has 9 nitrogen and oxygen atoms in total. The smallest absolute Gasteiger partial charge is 0.224 e. The highest BCUT2D eigenvalue weighted by Gasteiger charge is 2.38. The Kier molecular flexibility index (Phi) is 6.69. The molecule has 0 bridgehead atoms. The Morgan fingerprint density at radius 2 is 1.83 bits per heavy atom. The number of halogens is 3. The Labute approximate surface area is 211 Å². The van der Waals surface area contributed by atoms with Crippen LogP contribution in [0.1, 0.15) is 51.5 Å². The van der Waals surface area contributed by atoms with Gasteiger partial charge in [-0.3, -0.25) is 9.36 Å². The average Bonchev–Trinajstić information content (AvgIpc) is 3.20. The first-order valence-electron chi connectivity index (χ1n) is 12.0. The van der Waals surface area contributed by atoms with Crippen LogP contribution in [-0.2, 0) is 9.53 Å². The highest BCUT2D eigenvalue weighted by molar-refractivity contribution is 6.30. The molecule has 3 aromatic rings. The minimum atomic E-state index is -0.837. The third-order valence-electron chi connectivity index (χ3n) is 7.25. The quantitative estimate of drug-likeness (QED) is 0.431. The fourth-order valence-corrected chi connectivity index (χ4v) is 5.13. The molecule has 1 aliphatic carbocycles. The number of carbonyl (C=O) groups excluding carboxylic acids is 1. The second kappa shape index (κ2) is 9.78. The molecule has 5 rings (SSSR count). The van der Waals surface area contributed by atoms with Crippen molar-refractivity contribution in [2.75, 3.05) is 23.8 Å². The van der Waals surface area contributed by atoms with E-state index in [4.69, 9.17) is 27.1 Å². The molecule has 3 heterocycles. The zero-order valence-corrected chi connectivity index (χ0v) is 20.6. The van der Waals surface area contributed by atoms with Crippen molar-refractivity contribution in [1.29, 1.82) is 0 Å². The average molecular weight is 520 g/mol. The lowest BCUT2D eigenvalue weighted by molar-refractivity contribution is -0.128. The van der Waals surface area contributed by atoms with Gasteiger partial charge < -0.3 is 21.1 Å². The van der Waals surface area contributed by atoms with E-state index in [9.17, 15) is 13.6 Å². The fraction of sp³-hybridized carbons (Fsp3) is 0.500. The summed E-state index contributed by atoms with van der Waals surface area (Å²) in [6, 6.07) is 2.14. The molecule has 12 heteroatoms. The van der Waals surface area contributed by atoms with Crippen LogP contribution < -0.4 is 16.4 Å². The normalized spacial score (nSPS) is 23.1. The Hall–Kier alpha value is -3.05. The van der Waals surface area contributed by atoms with E-state index >= 15 is 0 Å². The summed E-state index contributed by atoms with van der Waals surface area (Å²) in [5.74, 6) is -1.32. The number of benzene rings is 1. The summed E-state index contributed by atoms with van der Waals surface area (Å²) >= 11 is 5.79. The number of fused-ring (bicyclic) bond motifs is 1. The van der Waals surface area contributed by atoms with Crippen molar-refractivity contribution in [3.05, 3.63) is 35.0 Å². The van der Waals surface area contributed by atoms with E-state index < -0.39 is 17.0 Å². The SMILES string of the molecule is CC1(C(N)=O)CCC(n2c(Nc3c(F)cc(Cl)cc3F)nc3cnc(NC4CCOCC4)nc32)CC1. The summed E-state index contributed by atoms with van der Waals surface area (Å²) in [5.41, 5.74) is 5.70.